The second-order valence-electron chi connectivity index (χ2n) is 8.95. The quantitative estimate of drug-likeness (QED) is 0.400. The van der Waals surface area contributed by atoms with Crippen LogP contribution >= 0.6 is 0 Å². The fourth-order valence-corrected chi connectivity index (χ4v) is 4.72. The van der Waals surface area contributed by atoms with Gasteiger partial charge in [0, 0.05) is 29.1 Å². The van der Waals surface area contributed by atoms with E-state index < -0.39 is 0 Å². The lowest BCUT2D eigenvalue weighted by Crippen LogP contribution is -2.44. The molecule has 0 atom stereocenters. The zero-order valence-corrected chi connectivity index (χ0v) is 17.4. The Bertz CT molecular complexity index is 1300. The van der Waals surface area contributed by atoms with Gasteiger partial charge >= 0.3 is 0 Å². The number of fused-ring (bicyclic) bond motifs is 5. The van der Waals surface area contributed by atoms with Crippen molar-refractivity contribution in [3.05, 3.63) is 76.3 Å². The van der Waals surface area contributed by atoms with Crippen LogP contribution in [-0.2, 0) is 12.8 Å². The number of carbonyl (C=O) groups is 1. The number of carbonyl (C=O) groups excluding carboxylic acids is 1. The molecule has 0 saturated carbocycles. The van der Waals surface area contributed by atoms with Gasteiger partial charge in [-0.3, -0.25) is 4.79 Å². The number of Topliss-reactive ketones (excluding diaryl/α,β-unsaturated/α-hetero) is 1. The third-order valence-corrected chi connectivity index (χ3v) is 6.12. The molecule has 30 heavy (non-hydrogen) atoms. The molecule has 0 radical (unpaired) electrons. The van der Waals surface area contributed by atoms with Crippen LogP contribution in [0.5, 0.6) is 5.75 Å². The van der Waals surface area contributed by atoms with Crippen molar-refractivity contribution in [3.63, 3.8) is 0 Å². The van der Waals surface area contributed by atoms with E-state index >= 15 is 0 Å². The van der Waals surface area contributed by atoms with Gasteiger partial charge < -0.3 is 14.9 Å². The molecule has 0 saturated heterocycles. The molecule has 4 aromatic rings. The van der Waals surface area contributed by atoms with Gasteiger partial charge in [0.15, 0.2) is 5.78 Å². The first-order chi connectivity index (χ1) is 14.4. The largest absolute Gasteiger partial charge is 0.618 e. The van der Waals surface area contributed by atoms with Crippen molar-refractivity contribution in [2.45, 2.75) is 33.1 Å². The first-order valence-corrected chi connectivity index (χ1v) is 10.2. The maximum absolute atomic E-state index is 13.6. The molecule has 0 spiro atoms. The minimum absolute atomic E-state index is 0.0524. The second kappa shape index (κ2) is 6.59. The number of hydrogen-bond acceptors (Lipinski definition) is 3. The molecule has 2 heterocycles. The summed E-state index contributed by atoms with van der Waals surface area (Å²) in [7, 11) is 1.64. The maximum atomic E-state index is 13.6. The molecule has 152 valence electrons. The number of rotatable bonds is 3. The van der Waals surface area contributed by atoms with E-state index in [4.69, 9.17) is 4.74 Å². The van der Waals surface area contributed by atoms with Gasteiger partial charge in [-0.05, 0) is 29.2 Å². The molecule has 0 aliphatic heterocycles. The van der Waals surface area contributed by atoms with Crippen molar-refractivity contribution in [1.29, 1.82) is 0 Å². The van der Waals surface area contributed by atoms with Gasteiger partial charge in [-0.2, -0.15) is 4.73 Å². The van der Waals surface area contributed by atoms with Crippen molar-refractivity contribution >= 4 is 27.6 Å². The fourth-order valence-electron chi connectivity index (χ4n) is 4.72. The number of para-hydroxylation sites is 1. The molecule has 1 N–H and O–H groups in total. The molecule has 5 rings (SSSR count). The summed E-state index contributed by atoms with van der Waals surface area (Å²) >= 11 is 0. The summed E-state index contributed by atoms with van der Waals surface area (Å²) in [6.07, 6.45) is 1.51. The summed E-state index contributed by atoms with van der Waals surface area (Å²) in [5.74, 6) is 0.832. The highest BCUT2D eigenvalue weighted by molar-refractivity contribution is 6.19. The van der Waals surface area contributed by atoms with Crippen LogP contribution in [0.2, 0.25) is 0 Å². The Morgan fingerprint density at radius 3 is 2.57 bits per heavy atom. The smallest absolute Gasteiger partial charge is 0.221 e. The highest BCUT2D eigenvalue weighted by Gasteiger charge is 2.39. The van der Waals surface area contributed by atoms with Crippen LogP contribution in [0.3, 0.4) is 0 Å². The molecule has 1 aliphatic carbocycles. The molecule has 2 aromatic heterocycles. The molecular formula is C25H24N2O3. The highest BCUT2D eigenvalue weighted by Crippen LogP contribution is 2.39. The van der Waals surface area contributed by atoms with Crippen molar-refractivity contribution < 1.29 is 14.3 Å². The number of pyridine rings is 1. The number of methoxy groups -OCH3 is 1. The highest BCUT2D eigenvalue weighted by atomic mass is 16.5. The Labute approximate surface area is 174 Å². The number of aromatic nitrogens is 2. The minimum Gasteiger partial charge on any atom is -0.618 e. The molecular weight excluding hydrogens is 376 g/mol. The van der Waals surface area contributed by atoms with Crippen LogP contribution in [0.25, 0.3) is 21.8 Å². The Balaban J connectivity index is 1.81. The van der Waals surface area contributed by atoms with Crippen LogP contribution in [0.1, 0.15) is 47.6 Å². The number of benzene rings is 2. The van der Waals surface area contributed by atoms with Gasteiger partial charge in [-0.25, -0.2) is 0 Å². The molecule has 2 aromatic carbocycles. The van der Waals surface area contributed by atoms with E-state index in [1.807, 2.05) is 48.5 Å². The van der Waals surface area contributed by atoms with Crippen LogP contribution in [0.4, 0.5) is 0 Å². The van der Waals surface area contributed by atoms with E-state index in [0.717, 1.165) is 37.8 Å². The summed E-state index contributed by atoms with van der Waals surface area (Å²) in [5, 5.41) is 15.5. The van der Waals surface area contributed by atoms with Crippen molar-refractivity contribution in [1.82, 2.24) is 4.98 Å². The maximum Gasteiger partial charge on any atom is 0.221 e. The van der Waals surface area contributed by atoms with Crippen LogP contribution < -0.4 is 9.47 Å². The number of ketones is 1. The number of aromatic amines is 1. The monoisotopic (exact) mass is 400 g/mol. The van der Waals surface area contributed by atoms with E-state index in [1.54, 1.807) is 7.11 Å². The average Bonchev–Trinajstić information content (AvgIpc) is 3.10. The third kappa shape index (κ3) is 2.84. The van der Waals surface area contributed by atoms with E-state index in [0.29, 0.717) is 36.2 Å². The number of nitrogens with zero attached hydrogens (tertiary/aromatic N) is 1. The van der Waals surface area contributed by atoms with Gasteiger partial charge in [-0.1, -0.05) is 44.2 Å². The first kappa shape index (κ1) is 18.7. The fraction of sp³-hybridized carbons (Fsp3) is 0.280. The number of H-pyrrole nitrogens is 1. The minimum atomic E-state index is -0.229. The lowest BCUT2D eigenvalue weighted by molar-refractivity contribution is -0.621. The zero-order valence-electron chi connectivity index (χ0n) is 17.4. The van der Waals surface area contributed by atoms with Crippen LogP contribution in [-0.4, -0.2) is 17.9 Å². The molecule has 0 unspecified atom stereocenters. The molecule has 5 heteroatoms. The number of nitrogens with one attached hydrogen (secondary N) is 1. The molecule has 0 amide bonds. The van der Waals surface area contributed by atoms with Crippen molar-refractivity contribution in [3.8, 4) is 5.75 Å². The van der Waals surface area contributed by atoms with Gasteiger partial charge in [0.2, 0.25) is 11.4 Å². The predicted molar refractivity (Wildman–Crippen MR) is 117 cm³/mol. The van der Waals surface area contributed by atoms with E-state index in [9.17, 15) is 10.0 Å². The van der Waals surface area contributed by atoms with Gasteiger partial charge in [-0.15, -0.1) is 0 Å². The lowest BCUT2D eigenvalue weighted by Gasteiger charge is -2.29. The zero-order chi connectivity index (χ0) is 21.0. The number of hydrogen-bond donors (Lipinski definition) is 1. The Morgan fingerprint density at radius 2 is 1.83 bits per heavy atom. The van der Waals surface area contributed by atoms with Gasteiger partial charge in [0.05, 0.1) is 19.1 Å². The van der Waals surface area contributed by atoms with E-state index in [-0.39, 0.29) is 11.2 Å². The van der Waals surface area contributed by atoms with Crippen LogP contribution in [0.15, 0.2) is 48.5 Å². The molecule has 5 nitrogen and oxygen atoms in total. The Kier molecular flexibility index (Phi) is 4.10. The summed E-state index contributed by atoms with van der Waals surface area (Å²) < 4.78 is 6.26. The van der Waals surface area contributed by atoms with E-state index in [2.05, 4.69) is 18.8 Å². The van der Waals surface area contributed by atoms with Gasteiger partial charge in [0.25, 0.3) is 0 Å². The van der Waals surface area contributed by atoms with Crippen molar-refractivity contribution in [2.24, 2.45) is 5.41 Å². The summed E-state index contributed by atoms with van der Waals surface area (Å²) in [6, 6.07) is 15.7. The molecule has 1 aliphatic rings. The standard InChI is InChI=1S/C25H24N2O3/c1-25(2)13-20-23(21(28)14-25)22-17-6-4-5-7-18(17)26-24(22)19(27(20)29)12-15-8-10-16(30-3)11-9-15/h4-11,26H,12-14H2,1-3H3. The van der Waals surface area contributed by atoms with E-state index in [1.165, 1.54) is 0 Å². The van der Waals surface area contributed by atoms with Crippen molar-refractivity contribution in [2.75, 3.05) is 7.11 Å². The summed E-state index contributed by atoms with van der Waals surface area (Å²) in [6.45, 7) is 4.10. The third-order valence-electron chi connectivity index (χ3n) is 6.12. The summed E-state index contributed by atoms with van der Waals surface area (Å²) in [5.41, 5.74) is 4.32. The summed E-state index contributed by atoms with van der Waals surface area (Å²) in [4.78, 5) is 16.6. The predicted octanol–water partition coefficient (Wildman–Crippen LogP) is 4.71. The first-order valence-electron chi connectivity index (χ1n) is 10.2. The Hall–Kier alpha value is -3.34. The SMILES string of the molecule is COc1ccc(Cc2c3[nH]c4ccccc4c3c3c([n+]2[O-])CC(C)(C)CC3=O)cc1. The lowest BCUT2D eigenvalue weighted by atomic mass is 9.74. The normalized spacial score (nSPS) is 15.5. The topological polar surface area (TPSA) is 69.0 Å². The van der Waals surface area contributed by atoms with Crippen LogP contribution in [0, 0.1) is 10.6 Å². The van der Waals surface area contributed by atoms with Gasteiger partial charge in [0.1, 0.15) is 11.3 Å². The Morgan fingerprint density at radius 1 is 1.10 bits per heavy atom. The number of ether oxygens (including phenoxy) is 1. The molecule has 0 bridgehead atoms. The molecule has 0 fully saturated rings. The average molecular weight is 400 g/mol. The second-order valence-corrected chi connectivity index (χ2v) is 8.95.